The Morgan fingerprint density at radius 3 is 2.53 bits per heavy atom. The number of benzene rings is 1. The Bertz CT molecular complexity index is 486. The molecule has 0 spiro atoms. The van der Waals surface area contributed by atoms with Crippen LogP contribution >= 0.6 is 0 Å². The highest BCUT2D eigenvalue weighted by Crippen LogP contribution is 2.26. The lowest BCUT2D eigenvalue weighted by Gasteiger charge is -2.02. The number of rotatable bonds is 2. The zero-order chi connectivity index (χ0) is 11.6. The van der Waals surface area contributed by atoms with Crippen LogP contribution in [0.3, 0.4) is 0 Å². The summed E-state index contributed by atoms with van der Waals surface area (Å²) in [5.74, 6) is -0.418. The minimum Gasteiger partial charge on any atom is -0.294 e. The van der Waals surface area contributed by atoms with Gasteiger partial charge in [0, 0.05) is 0 Å². The molecule has 0 aliphatic heterocycles. The molecule has 5 nitrogen and oxygen atoms in total. The fraction of sp³-hybridized carbons (Fsp3) is 0.200. The van der Waals surface area contributed by atoms with Crippen molar-refractivity contribution in [2.75, 3.05) is 0 Å². The Labute approximate surface area is 86.1 Å². The molecule has 1 rings (SSSR count). The van der Waals surface area contributed by atoms with Crippen LogP contribution in [0.2, 0.25) is 0 Å². The summed E-state index contributed by atoms with van der Waals surface area (Å²) in [6.45, 7) is 2.83. The summed E-state index contributed by atoms with van der Waals surface area (Å²) in [6.07, 6.45) is 0. The van der Waals surface area contributed by atoms with Gasteiger partial charge in [0.05, 0.1) is 10.5 Å². The van der Waals surface area contributed by atoms with Gasteiger partial charge in [-0.05, 0) is 25.5 Å². The van der Waals surface area contributed by atoms with Crippen LogP contribution < -0.4 is 0 Å². The SMILES string of the molecule is CC(=O)c1ccc(C)c(C#N)c1[N+](=O)[O-]. The second-order valence-electron chi connectivity index (χ2n) is 3.08. The zero-order valence-electron chi connectivity index (χ0n) is 8.27. The predicted octanol–water partition coefficient (Wildman–Crippen LogP) is 1.98. The van der Waals surface area contributed by atoms with E-state index >= 15 is 0 Å². The summed E-state index contributed by atoms with van der Waals surface area (Å²) < 4.78 is 0. The molecule has 0 radical (unpaired) electrons. The highest BCUT2D eigenvalue weighted by molar-refractivity contribution is 5.99. The maximum atomic E-state index is 11.1. The maximum absolute atomic E-state index is 11.1. The number of nitrogens with zero attached hydrogens (tertiary/aromatic N) is 2. The number of nitriles is 1. The highest BCUT2D eigenvalue weighted by atomic mass is 16.6. The van der Waals surface area contributed by atoms with Gasteiger partial charge in [0.15, 0.2) is 5.78 Å². The number of nitro groups is 1. The molecule has 0 fully saturated rings. The molecule has 0 atom stereocenters. The van der Waals surface area contributed by atoms with Gasteiger partial charge in [0.25, 0.3) is 5.69 Å². The molecule has 1 aromatic rings. The number of Topliss-reactive ketones (excluding diaryl/α,β-unsaturated/α-hetero) is 1. The summed E-state index contributed by atoms with van der Waals surface area (Å²) in [6, 6.07) is 4.65. The smallest absolute Gasteiger partial charge is 0.294 e. The van der Waals surface area contributed by atoms with Gasteiger partial charge in [0.2, 0.25) is 0 Å². The van der Waals surface area contributed by atoms with E-state index < -0.39 is 16.4 Å². The number of hydrogen-bond donors (Lipinski definition) is 0. The second-order valence-corrected chi connectivity index (χ2v) is 3.08. The molecule has 0 bridgehead atoms. The summed E-state index contributed by atoms with van der Waals surface area (Å²) >= 11 is 0. The fourth-order valence-electron chi connectivity index (χ4n) is 1.31. The predicted molar refractivity (Wildman–Crippen MR) is 52.6 cm³/mol. The van der Waals surface area contributed by atoms with Gasteiger partial charge in [-0.2, -0.15) is 5.26 Å². The van der Waals surface area contributed by atoms with Gasteiger partial charge in [0.1, 0.15) is 11.6 Å². The standard InChI is InChI=1S/C10H8N2O3/c1-6-3-4-8(7(2)13)10(12(14)15)9(6)5-11/h3-4H,1-2H3. The summed E-state index contributed by atoms with van der Waals surface area (Å²) in [7, 11) is 0. The van der Waals surface area contributed by atoms with E-state index in [1.54, 1.807) is 13.0 Å². The Morgan fingerprint density at radius 1 is 1.53 bits per heavy atom. The van der Waals surface area contributed by atoms with Crippen molar-refractivity contribution in [3.8, 4) is 6.07 Å². The van der Waals surface area contributed by atoms with Gasteiger partial charge in [-0.15, -0.1) is 0 Å². The Kier molecular flexibility index (Phi) is 2.81. The van der Waals surface area contributed by atoms with E-state index in [0.29, 0.717) is 5.56 Å². The molecule has 0 N–H and O–H groups in total. The number of hydrogen-bond acceptors (Lipinski definition) is 4. The largest absolute Gasteiger partial charge is 0.298 e. The van der Waals surface area contributed by atoms with Crippen LogP contribution in [0.5, 0.6) is 0 Å². The number of carbonyl (C=O) groups is 1. The van der Waals surface area contributed by atoms with E-state index in [1.807, 2.05) is 0 Å². The van der Waals surface area contributed by atoms with Crippen LogP contribution in [-0.4, -0.2) is 10.7 Å². The van der Waals surface area contributed by atoms with Crippen LogP contribution in [0.25, 0.3) is 0 Å². The average Bonchev–Trinajstić information content (AvgIpc) is 2.16. The van der Waals surface area contributed by atoms with Gasteiger partial charge >= 0.3 is 0 Å². The van der Waals surface area contributed by atoms with Gasteiger partial charge in [-0.3, -0.25) is 14.9 Å². The first-order valence-corrected chi connectivity index (χ1v) is 4.18. The van der Waals surface area contributed by atoms with Crippen molar-refractivity contribution in [3.05, 3.63) is 38.9 Å². The zero-order valence-corrected chi connectivity index (χ0v) is 8.27. The third-order valence-corrected chi connectivity index (χ3v) is 2.06. The van der Waals surface area contributed by atoms with Crippen LogP contribution in [0, 0.1) is 28.4 Å². The van der Waals surface area contributed by atoms with E-state index in [4.69, 9.17) is 5.26 Å². The van der Waals surface area contributed by atoms with Crippen molar-refractivity contribution in [1.82, 2.24) is 0 Å². The van der Waals surface area contributed by atoms with Crippen molar-refractivity contribution < 1.29 is 9.72 Å². The molecule has 1 aromatic carbocycles. The van der Waals surface area contributed by atoms with Crippen molar-refractivity contribution in [2.45, 2.75) is 13.8 Å². The molecule has 15 heavy (non-hydrogen) atoms. The minimum absolute atomic E-state index is 0.0258. The first kappa shape index (κ1) is 10.9. The number of ketones is 1. The van der Waals surface area contributed by atoms with Crippen LogP contribution in [0.4, 0.5) is 5.69 Å². The van der Waals surface area contributed by atoms with Crippen molar-refractivity contribution in [2.24, 2.45) is 0 Å². The van der Waals surface area contributed by atoms with E-state index in [1.165, 1.54) is 19.1 Å². The molecule has 0 unspecified atom stereocenters. The van der Waals surface area contributed by atoms with Gasteiger partial charge < -0.3 is 0 Å². The molecule has 0 aliphatic rings. The van der Waals surface area contributed by atoms with Crippen molar-refractivity contribution in [1.29, 1.82) is 5.26 Å². The summed E-state index contributed by atoms with van der Waals surface area (Å²) in [4.78, 5) is 21.2. The van der Waals surface area contributed by atoms with Gasteiger partial charge in [-0.1, -0.05) is 6.07 Å². The highest BCUT2D eigenvalue weighted by Gasteiger charge is 2.23. The van der Waals surface area contributed by atoms with Gasteiger partial charge in [-0.25, -0.2) is 0 Å². The fourth-order valence-corrected chi connectivity index (χ4v) is 1.31. The number of nitro benzene ring substituents is 1. The number of carbonyl (C=O) groups excluding carboxylic acids is 1. The quantitative estimate of drug-likeness (QED) is 0.418. The van der Waals surface area contributed by atoms with E-state index in [0.717, 1.165) is 0 Å². The molecule has 5 heteroatoms. The first-order chi connectivity index (χ1) is 6.99. The van der Waals surface area contributed by atoms with Crippen molar-refractivity contribution >= 4 is 11.5 Å². The second kappa shape index (κ2) is 3.88. The molecule has 0 saturated heterocycles. The number of aryl methyl sites for hydroxylation is 1. The molecule has 0 aromatic heterocycles. The van der Waals surface area contributed by atoms with Crippen LogP contribution in [0.15, 0.2) is 12.1 Å². The topological polar surface area (TPSA) is 84.0 Å². The average molecular weight is 204 g/mol. The molecule has 76 valence electrons. The third-order valence-electron chi connectivity index (χ3n) is 2.06. The molecule has 0 amide bonds. The van der Waals surface area contributed by atoms with Crippen LogP contribution in [-0.2, 0) is 0 Å². The van der Waals surface area contributed by atoms with Crippen LogP contribution in [0.1, 0.15) is 28.4 Å². The maximum Gasteiger partial charge on any atom is 0.298 e. The lowest BCUT2D eigenvalue weighted by molar-refractivity contribution is -0.385. The molecular formula is C10H8N2O3. The molecular weight excluding hydrogens is 196 g/mol. The third kappa shape index (κ3) is 1.83. The molecule has 0 heterocycles. The monoisotopic (exact) mass is 204 g/mol. The van der Waals surface area contributed by atoms with E-state index in [9.17, 15) is 14.9 Å². The molecule has 0 aliphatic carbocycles. The lowest BCUT2D eigenvalue weighted by atomic mass is 10.0. The first-order valence-electron chi connectivity index (χ1n) is 4.18. The summed E-state index contributed by atoms with van der Waals surface area (Å²) in [5.41, 5.74) is 0.0223. The van der Waals surface area contributed by atoms with E-state index in [-0.39, 0.29) is 11.1 Å². The molecule has 0 saturated carbocycles. The normalized spacial score (nSPS) is 9.40. The minimum atomic E-state index is -0.692. The van der Waals surface area contributed by atoms with E-state index in [2.05, 4.69) is 0 Å². The summed E-state index contributed by atoms with van der Waals surface area (Å²) in [5, 5.41) is 19.5. The Morgan fingerprint density at radius 2 is 2.13 bits per heavy atom. The van der Waals surface area contributed by atoms with Crippen molar-refractivity contribution in [3.63, 3.8) is 0 Å². The Balaban J connectivity index is 3.66. The Hall–Kier alpha value is -2.22. The lowest BCUT2D eigenvalue weighted by Crippen LogP contribution is -2.03.